The Morgan fingerprint density at radius 2 is 1.62 bits per heavy atom. The number of carbonyl (C=O) groups is 4. The fourth-order valence-corrected chi connectivity index (χ4v) is 2.11. The maximum absolute atomic E-state index is 11.2. The van der Waals surface area contributed by atoms with Gasteiger partial charge in [-0.2, -0.15) is 0 Å². The van der Waals surface area contributed by atoms with E-state index >= 15 is 0 Å². The molecule has 0 amide bonds. The molecule has 1 aliphatic heterocycles. The lowest BCUT2D eigenvalue weighted by molar-refractivity contribution is -0.168. The topological polar surface area (TPSA) is 183 Å². The summed E-state index contributed by atoms with van der Waals surface area (Å²) in [6, 6.07) is 4.36. The molecule has 1 saturated heterocycles. The summed E-state index contributed by atoms with van der Waals surface area (Å²) >= 11 is 0. The SMILES string of the molecule is CC(=O)O.CC(=O)O.CC(=O)OC1CCOC(Oc2ccc(N)cc2C(=O)O)C1. The Kier molecular flexibility index (Phi) is 11.5. The third kappa shape index (κ3) is 12.6. The Bertz CT molecular complexity index is 699. The highest BCUT2D eigenvalue weighted by molar-refractivity contribution is 5.92. The molecule has 2 unspecified atom stereocenters. The first kappa shape index (κ1) is 25.7. The van der Waals surface area contributed by atoms with E-state index in [1.54, 1.807) is 6.07 Å². The van der Waals surface area contributed by atoms with Gasteiger partial charge >= 0.3 is 11.9 Å². The number of rotatable bonds is 4. The van der Waals surface area contributed by atoms with Crippen LogP contribution in [0.5, 0.6) is 5.75 Å². The van der Waals surface area contributed by atoms with Crippen LogP contribution in [-0.2, 0) is 23.9 Å². The van der Waals surface area contributed by atoms with Crippen molar-refractivity contribution < 1.29 is 48.7 Å². The summed E-state index contributed by atoms with van der Waals surface area (Å²) in [5.41, 5.74) is 5.87. The predicted octanol–water partition coefficient (Wildman–Crippen LogP) is 1.60. The van der Waals surface area contributed by atoms with Crippen molar-refractivity contribution in [2.75, 3.05) is 12.3 Å². The number of carboxylic acids is 3. The fourth-order valence-electron chi connectivity index (χ4n) is 2.11. The van der Waals surface area contributed by atoms with Crippen LogP contribution < -0.4 is 10.5 Å². The summed E-state index contributed by atoms with van der Waals surface area (Å²) < 4.78 is 16.1. The van der Waals surface area contributed by atoms with Gasteiger partial charge in [0.05, 0.1) is 6.61 Å². The van der Waals surface area contributed by atoms with Gasteiger partial charge < -0.3 is 35.3 Å². The summed E-state index contributed by atoms with van der Waals surface area (Å²) in [6.07, 6.45) is -0.0103. The normalized spacial score (nSPS) is 17.3. The van der Waals surface area contributed by atoms with Crippen molar-refractivity contribution in [3.8, 4) is 5.75 Å². The van der Waals surface area contributed by atoms with E-state index in [1.807, 2.05) is 0 Å². The molecule has 0 aliphatic carbocycles. The quantitative estimate of drug-likeness (QED) is 0.414. The van der Waals surface area contributed by atoms with Crippen LogP contribution in [0.25, 0.3) is 0 Å². The maximum atomic E-state index is 11.2. The number of aliphatic carboxylic acids is 2. The number of hydrogen-bond donors (Lipinski definition) is 4. The predicted molar refractivity (Wildman–Crippen MR) is 99.6 cm³/mol. The zero-order valence-electron chi connectivity index (χ0n) is 16.3. The molecule has 1 aromatic carbocycles. The van der Waals surface area contributed by atoms with Crippen LogP contribution in [0.2, 0.25) is 0 Å². The molecule has 11 nitrogen and oxygen atoms in total. The van der Waals surface area contributed by atoms with Crippen LogP contribution in [0.15, 0.2) is 18.2 Å². The number of anilines is 1. The molecule has 0 saturated carbocycles. The second kappa shape index (κ2) is 12.9. The molecule has 1 fully saturated rings. The highest BCUT2D eigenvalue weighted by atomic mass is 16.7. The van der Waals surface area contributed by atoms with Gasteiger partial charge in [0.2, 0.25) is 6.29 Å². The van der Waals surface area contributed by atoms with Crippen LogP contribution in [-0.4, -0.2) is 58.2 Å². The molecule has 1 aromatic rings. The second-order valence-electron chi connectivity index (χ2n) is 5.77. The van der Waals surface area contributed by atoms with Gasteiger partial charge in [-0.3, -0.25) is 14.4 Å². The van der Waals surface area contributed by atoms with Gasteiger partial charge in [0.15, 0.2) is 0 Å². The molecule has 29 heavy (non-hydrogen) atoms. The number of carboxylic acid groups (broad SMARTS) is 3. The third-order valence-corrected chi connectivity index (χ3v) is 3.02. The monoisotopic (exact) mass is 415 g/mol. The largest absolute Gasteiger partial charge is 0.481 e. The Hall–Kier alpha value is -3.34. The molecular weight excluding hydrogens is 390 g/mol. The lowest BCUT2D eigenvalue weighted by Crippen LogP contribution is -2.35. The summed E-state index contributed by atoms with van der Waals surface area (Å²) in [6.45, 7) is 3.88. The molecule has 0 aromatic heterocycles. The first-order valence-corrected chi connectivity index (χ1v) is 8.39. The van der Waals surface area contributed by atoms with E-state index in [4.69, 9.17) is 44.9 Å². The summed E-state index contributed by atoms with van der Waals surface area (Å²) in [4.78, 5) is 40.1. The number of benzene rings is 1. The smallest absolute Gasteiger partial charge is 0.339 e. The first-order chi connectivity index (χ1) is 13.4. The van der Waals surface area contributed by atoms with Crippen LogP contribution in [0.4, 0.5) is 5.69 Å². The van der Waals surface area contributed by atoms with Crippen LogP contribution in [0.3, 0.4) is 0 Å². The zero-order chi connectivity index (χ0) is 22.6. The number of carbonyl (C=O) groups excluding carboxylic acids is 1. The number of esters is 1. The third-order valence-electron chi connectivity index (χ3n) is 3.02. The van der Waals surface area contributed by atoms with Crippen molar-refractivity contribution >= 4 is 29.6 Å². The van der Waals surface area contributed by atoms with Gasteiger partial charge in [0, 0.05) is 39.3 Å². The minimum atomic E-state index is -1.13. The summed E-state index contributed by atoms with van der Waals surface area (Å²) in [5, 5.41) is 24.0. The van der Waals surface area contributed by atoms with Crippen LogP contribution in [0, 0.1) is 0 Å². The van der Waals surface area contributed by atoms with E-state index < -0.39 is 24.2 Å². The average Bonchev–Trinajstić information content (AvgIpc) is 2.55. The number of hydrogen-bond acceptors (Lipinski definition) is 8. The second-order valence-corrected chi connectivity index (χ2v) is 5.77. The fraction of sp³-hybridized carbons (Fsp3) is 0.444. The molecule has 11 heteroatoms. The standard InChI is InChI=1S/C14H17NO6.2C2H4O2/c1-8(16)20-10-4-5-19-13(7-10)21-12-3-2-9(15)6-11(12)14(17)18;2*1-2(3)4/h2-3,6,10,13H,4-5,7,15H2,1H3,(H,17,18);2*1H3,(H,3,4). The van der Waals surface area contributed by atoms with Crippen LogP contribution >= 0.6 is 0 Å². The van der Waals surface area contributed by atoms with E-state index in [0.29, 0.717) is 25.1 Å². The summed E-state index contributed by atoms with van der Waals surface area (Å²) in [5.74, 6) is -2.99. The van der Waals surface area contributed by atoms with Gasteiger partial charge in [-0.05, 0) is 18.2 Å². The first-order valence-electron chi connectivity index (χ1n) is 8.39. The van der Waals surface area contributed by atoms with Crippen molar-refractivity contribution in [1.29, 1.82) is 0 Å². The molecule has 1 aliphatic rings. The zero-order valence-corrected chi connectivity index (χ0v) is 16.3. The molecule has 0 spiro atoms. The minimum absolute atomic E-state index is 0.0341. The van der Waals surface area contributed by atoms with Crippen molar-refractivity contribution in [3.63, 3.8) is 0 Å². The molecule has 0 radical (unpaired) electrons. The Labute approximate surface area is 167 Å². The molecule has 1 heterocycles. The molecule has 162 valence electrons. The Balaban J connectivity index is 0.000000837. The van der Waals surface area contributed by atoms with Gasteiger partial charge in [-0.25, -0.2) is 4.79 Å². The number of ether oxygens (including phenoxy) is 3. The van der Waals surface area contributed by atoms with Gasteiger partial charge in [0.25, 0.3) is 11.9 Å². The molecular formula is C18H25NO10. The summed E-state index contributed by atoms with van der Waals surface area (Å²) in [7, 11) is 0. The van der Waals surface area contributed by atoms with Crippen molar-refractivity contribution in [1.82, 2.24) is 0 Å². The molecule has 5 N–H and O–H groups in total. The van der Waals surface area contributed by atoms with Crippen LogP contribution in [0.1, 0.15) is 44.0 Å². The van der Waals surface area contributed by atoms with Crippen molar-refractivity contribution in [2.45, 2.75) is 46.0 Å². The number of aromatic carboxylic acids is 1. The van der Waals surface area contributed by atoms with Crippen molar-refractivity contribution in [2.24, 2.45) is 0 Å². The lowest BCUT2D eigenvalue weighted by Gasteiger charge is -2.29. The van der Waals surface area contributed by atoms with E-state index in [0.717, 1.165) is 13.8 Å². The highest BCUT2D eigenvalue weighted by Gasteiger charge is 2.27. The number of nitrogens with two attached hydrogens (primary N) is 1. The highest BCUT2D eigenvalue weighted by Crippen LogP contribution is 2.26. The Morgan fingerprint density at radius 3 is 2.10 bits per heavy atom. The van der Waals surface area contributed by atoms with Gasteiger partial charge in [-0.15, -0.1) is 0 Å². The van der Waals surface area contributed by atoms with E-state index in [-0.39, 0.29) is 23.4 Å². The van der Waals surface area contributed by atoms with E-state index in [1.165, 1.54) is 19.1 Å². The van der Waals surface area contributed by atoms with E-state index in [2.05, 4.69) is 0 Å². The van der Waals surface area contributed by atoms with E-state index in [9.17, 15) is 9.59 Å². The van der Waals surface area contributed by atoms with Crippen molar-refractivity contribution in [3.05, 3.63) is 23.8 Å². The molecule has 2 rings (SSSR count). The van der Waals surface area contributed by atoms with Gasteiger partial charge in [0.1, 0.15) is 17.4 Å². The number of nitrogen functional groups attached to an aromatic ring is 1. The average molecular weight is 415 g/mol. The minimum Gasteiger partial charge on any atom is -0.481 e. The molecule has 0 bridgehead atoms. The molecule has 2 atom stereocenters. The van der Waals surface area contributed by atoms with Gasteiger partial charge in [-0.1, -0.05) is 0 Å². The maximum Gasteiger partial charge on any atom is 0.339 e. The lowest BCUT2D eigenvalue weighted by atomic mass is 10.1. The Morgan fingerprint density at radius 1 is 1.07 bits per heavy atom.